The van der Waals surface area contributed by atoms with Crippen molar-refractivity contribution in [3.8, 4) is 0 Å². The summed E-state index contributed by atoms with van der Waals surface area (Å²) in [4.78, 5) is 25.0. The molecule has 1 N–H and O–H groups in total. The maximum absolute atomic E-state index is 11.8. The predicted molar refractivity (Wildman–Crippen MR) is 82.0 cm³/mol. The van der Waals surface area contributed by atoms with Crippen LogP contribution in [0.3, 0.4) is 0 Å². The molecule has 0 aliphatic heterocycles. The number of hydrogen-bond acceptors (Lipinski definition) is 4. The minimum Gasteiger partial charge on any atom is -0.450 e. The zero-order chi connectivity index (χ0) is 15.8. The molecule has 21 heavy (non-hydrogen) atoms. The first-order valence-electron chi connectivity index (χ1n) is 7.21. The number of nitrogens with one attached hydrogen (secondary N) is 1. The summed E-state index contributed by atoms with van der Waals surface area (Å²) in [6, 6.07) is 6.28. The van der Waals surface area contributed by atoms with E-state index in [-0.39, 0.29) is 19.1 Å². The number of hydrogen-bond donors (Lipinski definition) is 1. The Morgan fingerprint density at radius 1 is 1.24 bits per heavy atom. The van der Waals surface area contributed by atoms with Gasteiger partial charge in [-0.1, -0.05) is 30.7 Å². The summed E-state index contributed by atoms with van der Waals surface area (Å²) in [7, 11) is 0. The van der Waals surface area contributed by atoms with E-state index >= 15 is 0 Å². The smallest absolute Gasteiger partial charge is 0.413 e. The van der Waals surface area contributed by atoms with E-state index in [1.807, 2.05) is 18.7 Å². The van der Waals surface area contributed by atoms with Crippen LogP contribution >= 0.6 is 0 Å². The van der Waals surface area contributed by atoms with E-state index in [1.54, 1.807) is 6.92 Å². The molecule has 0 heterocycles. The van der Waals surface area contributed by atoms with Gasteiger partial charge in [0.25, 0.3) is 0 Å². The molecule has 5 heteroatoms. The SMILES string of the molecule is CCOC(=O)NC(=O)CN(CC)Cc1cc(C)ccc1C. The van der Waals surface area contributed by atoms with Gasteiger partial charge in [-0.15, -0.1) is 0 Å². The fraction of sp³-hybridized carbons (Fsp3) is 0.500. The predicted octanol–water partition coefficient (Wildman–Crippen LogP) is 2.40. The fourth-order valence-corrected chi connectivity index (χ4v) is 2.01. The maximum atomic E-state index is 11.8. The van der Waals surface area contributed by atoms with Gasteiger partial charge in [0.2, 0.25) is 5.91 Å². The van der Waals surface area contributed by atoms with Crippen LogP contribution in [0, 0.1) is 13.8 Å². The minimum atomic E-state index is -0.690. The number of nitrogens with zero attached hydrogens (tertiary/aromatic N) is 1. The topological polar surface area (TPSA) is 58.6 Å². The molecule has 1 rings (SSSR count). The van der Waals surface area contributed by atoms with Gasteiger partial charge in [-0.2, -0.15) is 0 Å². The molecule has 0 atom stereocenters. The van der Waals surface area contributed by atoms with Crippen LogP contribution in [0.2, 0.25) is 0 Å². The Balaban J connectivity index is 2.61. The molecule has 0 unspecified atom stereocenters. The summed E-state index contributed by atoms with van der Waals surface area (Å²) in [6.07, 6.45) is -0.690. The van der Waals surface area contributed by atoms with Crippen molar-refractivity contribution in [2.45, 2.75) is 34.2 Å². The quantitative estimate of drug-likeness (QED) is 0.874. The van der Waals surface area contributed by atoms with Crippen molar-refractivity contribution in [3.05, 3.63) is 34.9 Å². The first-order valence-corrected chi connectivity index (χ1v) is 7.21. The Labute approximate surface area is 126 Å². The Hall–Kier alpha value is -1.88. The molecule has 0 aromatic heterocycles. The lowest BCUT2D eigenvalue weighted by Crippen LogP contribution is -2.40. The van der Waals surface area contributed by atoms with Crippen molar-refractivity contribution in [1.29, 1.82) is 0 Å². The van der Waals surface area contributed by atoms with E-state index in [0.29, 0.717) is 6.54 Å². The van der Waals surface area contributed by atoms with Crippen molar-refractivity contribution < 1.29 is 14.3 Å². The molecule has 5 nitrogen and oxygen atoms in total. The normalized spacial score (nSPS) is 10.5. The summed E-state index contributed by atoms with van der Waals surface area (Å²) in [5.41, 5.74) is 3.59. The highest BCUT2D eigenvalue weighted by atomic mass is 16.5. The third-order valence-corrected chi connectivity index (χ3v) is 3.23. The Kier molecular flexibility index (Phi) is 6.88. The van der Waals surface area contributed by atoms with Crippen LogP contribution in [0.25, 0.3) is 0 Å². The Morgan fingerprint density at radius 3 is 2.57 bits per heavy atom. The molecule has 0 bridgehead atoms. The third-order valence-electron chi connectivity index (χ3n) is 3.23. The highest BCUT2D eigenvalue weighted by molar-refractivity contribution is 5.92. The number of amides is 2. The summed E-state index contributed by atoms with van der Waals surface area (Å²) in [6.45, 7) is 9.62. The van der Waals surface area contributed by atoms with E-state index in [0.717, 1.165) is 6.54 Å². The molecular formula is C16H24N2O3. The van der Waals surface area contributed by atoms with E-state index in [2.05, 4.69) is 30.4 Å². The van der Waals surface area contributed by atoms with Gasteiger partial charge in [0.1, 0.15) is 0 Å². The largest absolute Gasteiger partial charge is 0.450 e. The number of benzene rings is 1. The van der Waals surface area contributed by atoms with Gasteiger partial charge in [-0.05, 0) is 38.4 Å². The highest BCUT2D eigenvalue weighted by Crippen LogP contribution is 2.13. The summed E-state index contributed by atoms with van der Waals surface area (Å²) in [5.74, 6) is -0.347. The maximum Gasteiger partial charge on any atom is 0.413 e. The van der Waals surface area contributed by atoms with Crippen molar-refractivity contribution >= 4 is 12.0 Å². The number of carbonyl (C=O) groups is 2. The first-order chi connectivity index (χ1) is 9.96. The molecule has 1 aromatic carbocycles. The summed E-state index contributed by atoms with van der Waals surface area (Å²) in [5, 5.41) is 2.22. The van der Waals surface area contributed by atoms with Gasteiger partial charge in [0.15, 0.2) is 0 Å². The summed E-state index contributed by atoms with van der Waals surface area (Å²) >= 11 is 0. The van der Waals surface area contributed by atoms with Crippen LogP contribution in [-0.2, 0) is 16.1 Å². The van der Waals surface area contributed by atoms with Gasteiger partial charge in [-0.25, -0.2) is 4.79 Å². The van der Waals surface area contributed by atoms with Crippen LogP contribution in [0.4, 0.5) is 4.79 Å². The molecule has 0 saturated heterocycles. The number of likely N-dealkylation sites (N-methyl/N-ethyl adjacent to an activating group) is 1. The second kappa shape index (κ2) is 8.42. The molecule has 2 amide bonds. The number of carbonyl (C=O) groups excluding carboxylic acids is 2. The van der Waals surface area contributed by atoms with Gasteiger partial charge >= 0.3 is 6.09 Å². The molecule has 0 radical (unpaired) electrons. The molecule has 116 valence electrons. The fourth-order valence-electron chi connectivity index (χ4n) is 2.01. The average molecular weight is 292 g/mol. The number of rotatable bonds is 6. The van der Waals surface area contributed by atoms with Gasteiger partial charge in [0.05, 0.1) is 13.2 Å². The Bertz CT molecular complexity index is 500. The molecular weight excluding hydrogens is 268 g/mol. The molecule has 0 aliphatic rings. The first kappa shape index (κ1) is 17.2. The van der Waals surface area contributed by atoms with Crippen molar-refractivity contribution in [2.75, 3.05) is 19.7 Å². The van der Waals surface area contributed by atoms with Crippen LogP contribution < -0.4 is 5.32 Å². The number of imide groups is 1. The van der Waals surface area contributed by atoms with E-state index in [1.165, 1.54) is 16.7 Å². The Morgan fingerprint density at radius 2 is 1.95 bits per heavy atom. The zero-order valence-electron chi connectivity index (χ0n) is 13.2. The molecule has 0 fully saturated rings. The highest BCUT2D eigenvalue weighted by Gasteiger charge is 2.13. The van der Waals surface area contributed by atoms with E-state index in [4.69, 9.17) is 4.74 Å². The van der Waals surface area contributed by atoms with Crippen LogP contribution in [0.15, 0.2) is 18.2 Å². The molecule has 0 aliphatic carbocycles. The second-order valence-electron chi connectivity index (χ2n) is 5.00. The zero-order valence-corrected chi connectivity index (χ0v) is 13.2. The lowest BCUT2D eigenvalue weighted by atomic mass is 10.1. The van der Waals surface area contributed by atoms with E-state index < -0.39 is 6.09 Å². The monoisotopic (exact) mass is 292 g/mol. The lowest BCUT2D eigenvalue weighted by Gasteiger charge is -2.21. The van der Waals surface area contributed by atoms with Crippen LogP contribution in [0.5, 0.6) is 0 Å². The molecule has 1 aromatic rings. The number of ether oxygens (including phenoxy) is 1. The molecule has 0 saturated carbocycles. The minimum absolute atomic E-state index is 0.169. The van der Waals surface area contributed by atoms with Crippen LogP contribution in [0.1, 0.15) is 30.5 Å². The van der Waals surface area contributed by atoms with Gasteiger partial charge in [-0.3, -0.25) is 15.0 Å². The second-order valence-corrected chi connectivity index (χ2v) is 5.00. The summed E-state index contributed by atoms with van der Waals surface area (Å²) < 4.78 is 4.69. The van der Waals surface area contributed by atoms with Gasteiger partial charge < -0.3 is 4.74 Å². The average Bonchev–Trinajstić information content (AvgIpc) is 2.42. The van der Waals surface area contributed by atoms with E-state index in [9.17, 15) is 9.59 Å². The lowest BCUT2D eigenvalue weighted by molar-refractivity contribution is -0.121. The third kappa shape index (κ3) is 5.95. The van der Waals surface area contributed by atoms with Gasteiger partial charge in [0, 0.05) is 6.54 Å². The van der Waals surface area contributed by atoms with Crippen molar-refractivity contribution in [2.24, 2.45) is 0 Å². The van der Waals surface area contributed by atoms with Crippen molar-refractivity contribution in [3.63, 3.8) is 0 Å². The van der Waals surface area contributed by atoms with Crippen LogP contribution in [-0.4, -0.2) is 36.6 Å². The van der Waals surface area contributed by atoms with Crippen molar-refractivity contribution in [1.82, 2.24) is 10.2 Å². The number of alkyl carbamates (subject to hydrolysis) is 1. The molecule has 0 spiro atoms. The standard InChI is InChI=1S/C16H24N2O3/c1-5-18(11-15(19)17-16(20)21-6-2)10-14-9-12(3)7-8-13(14)4/h7-9H,5-6,10-11H2,1-4H3,(H,17,19,20). The number of aryl methyl sites for hydroxylation is 2.